The second kappa shape index (κ2) is 21.0. The first-order valence-corrected chi connectivity index (χ1v) is 17.5. The van der Waals surface area contributed by atoms with Crippen molar-refractivity contribution in [1.82, 2.24) is 0 Å². The summed E-state index contributed by atoms with van der Waals surface area (Å²) in [5.74, 6) is 0. The van der Waals surface area contributed by atoms with E-state index in [1.165, 1.54) is 0 Å². The van der Waals surface area contributed by atoms with Crippen LogP contribution in [0.5, 0.6) is 0 Å². The van der Waals surface area contributed by atoms with Crippen LogP contribution in [0.3, 0.4) is 0 Å². The van der Waals surface area contributed by atoms with Crippen LogP contribution in [0.4, 0.5) is 0 Å². The molecule has 0 aliphatic carbocycles. The Morgan fingerprint density at radius 1 is 0.375 bits per heavy atom. The van der Waals surface area contributed by atoms with Gasteiger partial charge < -0.3 is 130 Å². The highest BCUT2D eigenvalue weighted by atomic mass is 16.8. The summed E-state index contributed by atoms with van der Waals surface area (Å²) in [6, 6.07) is 0. The van der Waals surface area contributed by atoms with Gasteiger partial charge >= 0.3 is 0 Å². The minimum Gasteiger partial charge on any atom is -0.394 e. The second-order valence-electron chi connectivity index (χ2n) is 13.7. The molecule has 0 spiro atoms. The van der Waals surface area contributed by atoms with Crippen LogP contribution >= 0.6 is 0 Å². The largest absolute Gasteiger partial charge is 0.394 e. The van der Waals surface area contributed by atoms with Gasteiger partial charge in [0.25, 0.3) is 0 Å². The molecule has 0 saturated carbocycles. The summed E-state index contributed by atoms with van der Waals surface area (Å²) in [7, 11) is 0. The molecule has 24 atom stereocenters. The van der Waals surface area contributed by atoms with Gasteiger partial charge in [-0.2, -0.15) is 0 Å². The molecule has 4 heterocycles. The van der Waals surface area contributed by atoms with Crippen LogP contribution in [0.25, 0.3) is 0 Å². The Kier molecular flexibility index (Phi) is 17.8. The van der Waals surface area contributed by atoms with Crippen molar-refractivity contribution in [2.24, 2.45) is 0 Å². The highest BCUT2D eigenvalue weighted by Crippen LogP contribution is 2.35. The van der Waals surface area contributed by atoms with Gasteiger partial charge in [-0.3, -0.25) is 0 Å². The first kappa shape index (κ1) is 47.6. The molecule has 26 nitrogen and oxygen atoms in total. The van der Waals surface area contributed by atoms with Crippen molar-refractivity contribution in [2.75, 3.05) is 39.6 Å². The maximum Gasteiger partial charge on any atom is 0.187 e. The Morgan fingerprint density at radius 3 is 1.21 bits per heavy atom. The molecule has 56 heavy (non-hydrogen) atoms. The Bertz CT molecular complexity index is 1160. The van der Waals surface area contributed by atoms with Gasteiger partial charge in [-0.1, -0.05) is 0 Å². The van der Waals surface area contributed by atoms with Crippen LogP contribution in [-0.4, -0.2) is 279 Å². The molecule has 4 aliphatic heterocycles. The van der Waals surface area contributed by atoms with Crippen molar-refractivity contribution in [3.8, 4) is 0 Å². The van der Waals surface area contributed by atoms with E-state index in [-0.39, 0.29) is 0 Å². The number of ether oxygens (including phenoxy) is 8. The van der Waals surface area contributed by atoms with E-state index in [1.54, 1.807) is 0 Å². The molecular weight excluding hydrogens is 776 g/mol. The molecule has 18 N–H and O–H groups in total. The third kappa shape index (κ3) is 10.1. The van der Waals surface area contributed by atoms with Gasteiger partial charge in [0.05, 0.1) is 39.6 Å². The SMILES string of the molecule is OC[C@@H](O)[C@@H](O)[C@H](O[C@H]1O[C@H](CO)[C@@H](O)[C@H](O[C@H]2O[C@H](CO)[C@@H](O[C@H]3O[C@H](CO)[C@@H](O)[C@H](O[C@H]4O[C@H](CO)[C@@H](O)[C@H](O)[C@H]4O)[C@H]3O)[C@H](O)[C@H]2O)[C@H]1O)[C@@H](O)CO. The first-order valence-electron chi connectivity index (χ1n) is 17.5. The summed E-state index contributed by atoms with van der Waals surface area (Å²) in [6.45, 7) is -5.87. The van der Waals surface area contributed by atoms with E-state index in [0.29, 0.717) is 0 Å². The molecule has 0 aromatic carbocycles. The lowest BCUT2D eigenvalue weighted by Crippen LogP contribution is -2.68. The molecule has 0 radical (unpaired) electrons. The lowest BCUT2D eigenvalue weighted by molar-refractivity contribution is -0.391. The van der Waals surface area contributed by atoms with Crippen molar-refractivity contribution in [3.63, 3.8) is 0 Å². The van der Waals surface area contributed by atoms with Crippen molar-refractivity contribution in [2.45, 2.75) is 147 Å². The first-order chi connectivity index (χ1) is 26.5. The number of rotatable bonds is 17. The molecule has 0 aromatic rings. The van der Waals surface area contributed by atoms with E-state index in [2.05, 4.69) is 0 Å². The van der Waals surface area contributed by atoms with Gasteiger partial charge in [0, 0.05) is 0 Å². The quantitative estimate of drug-likeness (QED) is 0.0647. The van der Waals surface area contributed by atoms with Crippen molar-refractivity contribution >= 4 is 0 Å². The number of aliphatic hydroxyl groups excluding tert-OH is 18. The van der Waals surface area contributed by atoms with Gasteiger partial charge in [0.1, 0.15) is 122 Å². The van der Waals surface area contributed by atoms with Crippen molar-refractivity contribution in [3.05, 3.63) is 0 Å². The highest BCUT2D eigenvalue weighted by Gasteiger charge is 2.56. The Labute approximate surface area is 317 Å². The molecule has 4 aliphatic rings. The van der Waals surface area contributed by atoms with Gasteiger partial charge in [0.15, 0.2) is 25.2 Å². The van der Waals surface area contributed by atoms with Gasteiger partial charge in [0.2, 0.25) is 0 Å². The average molecular weight is 831 g/mol. The molecule has 0 bridgehead atoms. The van der Waals surface area contributed by atoms with Gasteiger partial charge in [-0.05, 0) is 0 Å². The molecule has 4 fully saturated rings. The zero-order chi connectivity index (χ0) is 41.8. The van der Waals surface area contributed by atoms with Crippen molar-refractivity contribution in [1.29, 1.82) is 0 Å². The summed E-state index contributed by atoms with van der Waals surface area (Å²) in [6.07, 6.45) is -46.0. The molecule has 26 heteroatoms. The normalized spacial score (nSPS) is 47.2. The third-order valence-corrected chi connectivity index (χ3v) is 9.96. The maximum atomic E-state index is 11.1. The molecule has 4 rings (SSSR count). The summed E-state index contributed by atoms with van der Waals surface area (Å²) < 4.78 is 43.7. The predicted molar refractivity (Wildman–Crippen MR) is 169 cm³/mol. The molecule has 330 valence electrons. The second-order valence-corrected chi connectivity index (χ2v) is 13.7. The number of hydrogen-bond acceptors (Lipinski definition) is 26. The lowest BCUT2D eigenvalue weighted by atomic mass is 9.95. The Balaban J connectivity index is 1.50. The lowest BCUT2D eigenvalue weighted by Gasteiger charge is -2.49. The fraction of sp³-hybridized carbons (Fsp3) is 1.00. The fourth-order valence-corrected chi connectivity index (χ4v) is 6.61. The Hall–Kier alpha value is -1.04. The van der Waals surface area contributed by atoms with Crippen LogP contribution < -0.4 is 0 Å². The van der Waals surface area contributed by atoms with E-state index in [0.717, 1.165) is 0 Å². The topological polar surface area (TPSA) is 438 Å². The minimum absolute atomic E-state index is 0.845. The van der Waals surface area contributed by atoms with Crippen LogP contribution in [0.2, 0.25) is 0 Å². The standard InChI is InChI=1S/C30H54O26/c31-1-7(37)13(39)23(8(38)2-32)53-29-21(47)25(15(41)10(4-34)50-29)56-28-20(46)18(44)24(12(6-36)52-28)54-30-22(48)26(16(42)11(5-35)51-30)55-27-19(45)17(43)14(40)9(3-33)49-27/h7-48H,1-6H2/t7-,8+,9-,10-,11-,12-,13-,14-,15-,16-,17+,18-,19-,20-,21-,22-,23-,24-,25+,26+,27-,28-,29-,30-/m1/s1. The smallest absolute Gasteiger partial charge is 0.187 e. The summed E-state index contributed by atoms with van der Waals surface area (Å²) >= 11 is 0. The summed E-state index contributed by atoms with van der Waals surface area (Å²) in [4.78, 5) is 0. The van der Waals surface area contributed by atoms with Crippen LogP contribution in [0, 0.1) is 0 Å². The highest BCUT2D eigenvalue weighted by molar-refractivity contribution is 4.98. The monoisotopic (exact) mass is 830 g/mol. The molecule has 0 unspecified atom stereocenters. The van der Waals surface area contributed by atoms with Crippen molar-refractivity contribution < 1.29 is 130 Å². The fourth-order valence-electron chi connectivity index (χ4n) is 6.61. The van der Waals surface area contributed by atoms with E-state index < -0.39 is 187 Å². The number of aliphatic hydroxyl groups is 18. The van der Waals surface area contributed by atoms with Gasteiger partial charge in [-0.15, -0.1) is 0 Å². The zero-order valence-electron chi connectivity index (χ0n) is 29.4. The van der Waals surface area contributed by atoms with E-state index in [4.69, 9.17) is 37.9 Å². The van der Waals surface area contributed by atoms with Gasteiger partial charge in [-0.25, -0.2) is 0 Å². The molecule has 4 saturated heterocycles. The minimum atomic E-state index is -2.19. The zero-order valence-corrected chi connectivity index (χ0v) is 29.4. The Morgan fingerprint density at radius 2 is 0.750 bits per heavy atom. The molecular formula is C30H54O26. The predicted octanol–water partition coefficient (Wildman–Crippen LogP) is -12.3. The third-order valence-electron chi connectivity index (χ3n) is 9.96. The summed E-state index contributed by atoms with van der Waals surface area (Å²) in [5.41, 5.74) is 0. The van der Waals surface area contributed by atoms with Crippen LogP contribution in [-0.2, 0) is 37.9 Å². The van der Waals surface area contributed by atoms with E-state index >= 15 is 0 Å². The molecule has 0 aromatic heterocycles. The van der Waals surface area contributed by atoms with E-state index in [1.807, 2.05) is 0 Å². The van der Waals surface area contributed by atoms with E-state index in [9.17, 15) is 91.9 Å². The molecule has 0 amide bonds. The summed E-state index contributed by atoms with van der Waals surface area (Å²) in [5, 5.41) is 185. The number of hydrogen-bond donors (Lipinski definition) is 18. The maximum absolute atomic E-state index is 11.1. The average Bonchev–Trinajstić information content (AvgIpc) is 3.19. The van der Waals surface area contributed by atoms with Crippen LogP contribution in [0.1, 0.15) is 0 Å². The van der Waals surface area contributed by atoms with Crippen LogP contribution in [0.15, 0.2) is 0 Å².